The third kappa shape index (κ3) is 4.19. The third-order valence-electron chi connectivity index (χ3n) is 3.22. The second kappa shape index (κ2) is 7.41. The molecule has 2 aromatic rings. The number of hydrogen-bond acceptors (Lipinski definition) is 5. The average Bonchev–Trinajstić information content (AvgIpc) is 2.88. The van der Waals surface area contributed by atoms with E-state index in [1.807, 2.05) is 13.0 Å². The fourth-order valence-electron chi connectivity index (χ4n) is 2.00. The molecule has 0 aliphatic carbocycles. The third-order valence-corrected chi connectivity index (χ3v) is 3.71. The predicted molar refractivity (Wildman–Crippen MR) is 88.3 cm³/mol. The molecule has 23 heavy (non-hydrogen) atoms. The molecule has 1 amide bonds. The van der Waals surface area contributed by atoms with E-state index in [0.717, 1.165) is 4.47 Å². The molecule has 0 saturated carbocycles. The van der Waals surface area contributed by atoms with E-state index in [2.05, 4.69) is 26.4 Å². The fourth-order valence-corrected chi connectivity index (χ4v) is 2.40. The van der Waals surface area contributed by atoms with Crippen LogP contribution >= 0.6 is 15.9 Å². The van der Waals surface area contributed by atoms with E-state index in [9.17, 15) is 9.59 Å². The highest BCUT2D eigenvalue weighted by atomic mass is 79.9. The molecule has 1 aromatic carbocycles. The SMILES string of the molecule is CCc1noc(C)c1C(=O)O[C@H](C)C(=O)Nc1cccc(Br)c1. The Hall–Kier alpha value is -2.15. The van der Waals surface area contributed by atoms with Crippen molar-refractivity contribution in [3.8, 4) is 0 Å². The number of halogens is 1. The highest BCUT2D eigenvalue weighted by Crippen LogP contribution is 2.18. The fraction of sp³-hybridized carbons (Fsp3) is 0.312. The molecule has 0 aliphatic rings. The Morgan fingerprint density at radius 2 is 2.17 bits per heavy atom. The molecule has 0 spiro atoms. The van der Waals surface area contributed by atoms with Crippen LogP contribution < -0.4 is 5.32 Å². The highest BCUT2D eigenvalue weighted by Gasteiger charge is 2.25. The van der Waals surface area contributed by atoms with Gasteiger partial charge in [-0.2, -0.15) is 0 Å². The van der Waals surface area contributed by atoms with Crippen molar-refractivity contribution in [1.82, 2.24) is 5.16 Å². The summed E-state index contributed by atoms with van der Waals surface area (Å²) in [4.78, 5) is 24.3. The van der Waals surface area contributed by atoms with Crippen molar-refractivity contribution in [2.45, 2.75) is 33.3 Å². The summed E-state index contributed by atoms with van der Waals surface area (Å²) in [6.45, 7) is 5.01. The quantitative estimate of drug-likeness (QED) is 0.802. The van der Waals surface area contributed by atoms with Gasteiger partial charge in [0.05, 0.1) is 5.69 Å². The molecule has 0 saturated heterocycles. The number of amides is 1. The second-order valence-electron chi connectivity index (χ2n) is 4.96. The van der Waals surface area contributed by atoms with E-state index < -0.39 is 18.0 Å². The lowest BCUT2D eigenvalue weighted by Crippen LogP contribution is -2.30. The molecule has 1 aromatic heterocycles. The van der Waals surface area contributed by atoms with Crippen LogP contribution in [0.3, 0.4) is 0 Å². The summed E-state index contributed by atoms with van der Waals surface area (Å²) in [6.07, 6.45) is -0.402. The van der Waals surface area contributed by atoms with Gasteiger partial charge in [-0.3, -0.25) is 4.79 Å². The van der Waals surface area contributed by atoms with Crippen molar-refractivity contribution in [3.63, 3.8) is 0 Å². The minimum absolute atomic E-state index is 0.287. The molecular formula is C16H17BrN2O4. The Labute approximate surface area is 142 Å². The molecule has 1 atom stereocenters. The van der Waals surface area contributed by atoms with Crippen LogP contribution in [-0.2, 0) is 16.0 Å². The molecule has 0 radical (unpaired) electrons. The van der Waals surface area contributed by atoms with Gasteiger partial charge in [-0.05, 0) is 38.5 Å². The van der Waals surface area contributed by atoms with Gasteiger partial charge in [0.2, 0.25) is 0 Å². The summed E-state index contributed by atoms with van der Waals surface area (Å²) in [5.74, 6) is -0.646. The van der Waals surface area contributed by atoms with E-state index in [4.69, 9.17) is 9.26 Å². The molecule has 6 nitrogen and oxygen atoms in total. The van der Waals surface area contributed by atoms with Gasteiger partial charge < -0.3 is 14.6 Å². The van der Waals surface area contributed by atoms with E-state index in [-0.39, 0.29) is 5.56 Å². The monoisotopic (exact) mass is 380 g/mol. The molecule has 0 aliphatic heterocycles. The van der Waals surface area contributed by atoms with E-state index in [0.29, 0.717) is 23.6 Å². The van der Waals surface area contributed by atoms with Crippen LogP contribution in [-0.4, -0.2) is 23.1 Å². The smallest absolute Gasteiger partial charge is 0.344 e. The number of nitrogens with one attached hydrogen (secondary N) is 1. The van der Waals surface area contributed by atoms with Crippen molar-refractivity contribution in [2.24, 2.45) is 0 Å². The van der Waals surface area contributed by atoms with Crippen LogP contribution in [0.4, 0.5) is 5.69 Å². The minimum atomic E-state index is -0.944. The summed E-state index contributed by atoms with van der Waals surface area (Å²) < 4.78 is 11.1. The Morgan fingerprint density at radius 3 is 2.83 bits per heavy atom. The van der Waals surface area contributed by atoms with Crippen LogP contribution in [0.25, 0.3) is 0 Å². The molecule has 122 valence electrons. The van der Waals surface area contributed by atoms with Crippen molar-refractivity contribution >= 4 is 33.5 Å². The van der Waals surface area contributed by atoms with Crippen molar-refractivity contribution < 1.29 is 18.8 Å². The maximum atomic E-state index is 12.2. The van der Waals surface area contributed by atoms with Crippen LogP contribution in [0, 0.1) is 6.92 Å². The molecule has 0 unspecified atom stereocenters. The number of carbonyl (C=O) groups is 2. The number of aromatic nitrogens is 1. The lowest BCUT2D eigenvalue weighted by Gasteiger charge is -2.13. The molecule has 0 bridgehead atoms. The maximum Gasteiger partial charge on any atom is 0.344 e. The average molecular weight is 381 g/mol. The highest BCUT2D eigenvalue weighted by molar-refractivity contribution is 9.10. The lowest BCUT2D eigenvalue weighted by molar-refractivity contribution is -0.123. The maximum absolute atomic E-state index is 12.2. The first-order valence-corrected chi connectivity index (χ1v) is 7.94. The first-order chi connectivity index (χ1) is 10.9. The predicted octanol–water partition coefficient (Wildman–Crippen LogP) is 3.49. The second-order valence-corrected chi connectivity index (χ2v) is 5.88. The normalized spacial score (nSPS) is 11.8. The Morgan fingerprint density at radius 1 is 1.43 bits per heavy atom. The molecular weight excluding hydrogens is 364 g/mol. The van der Waals surface area contributed by atoms with Gasteiger partial charge in [-0.25, -0.2) is 4.79 Å². The number of aryl methyl sites for hydroxylation is 2. The summed E-state index contributed by atoms with van der Waals surface area (Å²) in [6, 6.07) is 7.15. The van der Waals surface area contributed by atoms with Crippen molar-refractivity contribution in [3.05, 3.63) is 45.8 Å². The van der Waals surface area contributed by atoms with Gasteiger partial charge in [0, 0.05) is 10.2 Å². The number of ether oxygens (including phenoxy) is 1. The van der Waals surface area contributed by atoms with Gasteiger partial charge in [0.1, 0.15) is 11.3 Å². The van der Waals surface area contributed by atoms with Gasteiger partial charge in [-0.1, -0.05) is 34.1 Å². The summed E-state index contributed by atoms with van der Waals surface area (Å²) in [5.41, 5.74) is 1.42. The Balaban J connectivity index is 2.03. The number of nitrogens with zero attached hydrogens (tertiary/aromatic N) is 1. The van der Waals surface area contributed by atoms with Crippen LogP contribution in [0.2, 0.25) is 0 Å². The van der Waals surface area contributed by atoms with E-state index in [1.54, 1.807) is 25.1 Å². The van der Waals surface area contributed by atoms with Crippen LogP contribution in [0.15, 0.2) is 33.3 Å². The number of esters is 1. The zero-order valence-corrected chi connectivity index (χ0v) is 14.6. The van der Waals surface area contributed by atoms with Gasteiger partial charge in [-0.15, -0.1) is 0 Å². The minimum Gasteiger partial charge on any atom is -0.449 e. The molecule has 1 heterocycles. The van der Waals surface area contributed by atoms with Crippen molar-refractivity contribution in [2.75, 3.05) is 5.32 Å². The topological polar surface area (TPSA) is 81.4 Å². The van der Waals surface area contributed by atoms with Gasteiger partial charge >= 0.3 is 5.97 Å². The number of rotatable bonds is 5. The molecule has 0 fully saturated rings. The first kappa shape index (κ1) is 17.2. The summed E-state index contributed by atoms with van der Waals surface area (Å²) in [5, 5.41) is 6.49. The summed E-state index contributed by atoms with van der Waals surface area (Å²) >= 11 is 3.33. The number of carbonyl (C=O) groups excluding carboxylic acids is 2. The van der Waals surface area contributed by atoms with E-state index >= 15 is 0 Å². The Bertz CT molecular complexity index is 727. The lowest BCUT2D eigenvalue weighted by atomic mass is 10.1. The summed E-state index contributed by atoms with van der Waals surface area (Å²) in [7, 11) is 0. The van der Waals surface area contributed by atoms with Gasteiger partial charge in [0.15, 0.2) is 6.10 Å². The van der Waals surface area contributed by atoms with Gasteiger partial charge in [0.25, 0.3) is 5.91 Å². The molecule has 1 N–H and O–H groups in total. The zero-order valence-electron chi connectivity index (χ0n) is 13.1. The first-order valence-electron chi connectivity index (χ1n) is 7.15. The standard InChI is InChI=1S/C16H17BrN2O4/c1-4-13-14(9(2)23-19-13)16(21)22-10(3)15(20)18-12-7-5-6-11(17)8-12/h5-8,10H,4H2,1-3H3,(H,18,20)/t10-/m1/s1. The van der Waals surface area contributed by atoms with E-state index in [1.165, 1.54) is 6.92 Å². The molecule has 7 heteroatoms. The number of hydrogen-bond donors (Lipinski definition) is 1. The molecule has 2 rings (SSSR count). The number of benzene rings is 1. The van der Waals surface area contributed by atoms with Crippen LogP contribution in [0.1, 0.15) is 35.7 Å². The largest absolute Gasteiger partial charge is 0.449 e. The number of anilines is 1. The van der Waals surface area contributed by atoms with Crippen LogP contribution in [0.5, 0.6) is 0 Å². The Kier molecular flexibility index (Phi) is 5.54. The van der Waals surface area contributed by atoms with Crippen molar-refractivity contribution in [1.29, 1.82) is 0 Å². The zero-order chi connectivity index (χ0) is 17.0.